The predicted molar refractivity (Wildman–Crippen MR) is 103 cm³/mol. The Hall–Kier alpha value is -1.77. The molecule has 4 aliphatic rings. The zero-order valence-corrected chi connectivity index (χ0v) is 17.1. The van der Waals surface area contributed by atoms with E-state index in [4.69, 9.17) is 18.9 Å². The molecule has 1 spiro atoms. The Morgan fingerprint density at radius 1 is 1.24 bits per heavy atom. The van der Waals surface area contributed by atoms with Gasteiger partial charge < -0.3 is 24.1 Å². The highest BCUT2D eigenvalue weighted by Gasteiger charge is 2.80. The number of phenolic OH excluding ortho intramolecular Hbond substituents is 1. The summed E-state index contributed by atoms with van der Waals surface area (Å²) in [6.45, 7) is 2.98. The van der Waals surface area contributed by atoms with Gasteiger partial charge in [-0.25, -0.2) is 0 Å². The van der Waals surface area contributed by atoms with Gasteiger partial charge >= 0.3 is 11.9 Å². The second-order valence-electron chi connectivity index (χ2n) is 8.44. The first-order valence-corrected chi connectivity index (χ1v) is 11.0. The molecule has 0 aliphatic carbocycles. The SMILES string of the molecule is CC(=O)OC[C@@]12[C@H]3[C@H](OC(C)=O)O[C@@H]1CSC[C@@]21C[C@H](c2ccc(O)cc2)[C@@H]3O1. The Kier molecular flexibility index (Phi) is 4.38. The van der Waals surface area contributed by atoms with Crippen molar-refractivity contribution < 1.29 is 33.6 Å². The van der Waals surface area contributed by atoms with Gasteiger partial charge in [0.05, 0.1) is 29.1 Å². The number of phenols is 1. The topological polar surface area (TPSA) is 91.3 Å². The fraction of sp³-hybridized carbons (Fsp3) is 0.619. The third kappa shape index (κ3) is 2.65. The molecule has 1 N–H and O–H groups in total. The van der Waals surface area contributed by atoms with Gasteiger partial charge in [-0.3, -0.25) is 9.59 Å². The maximum absolute atomic E-state index is 11.8. The van der Waals surface area contributed by atoms with Crippen molar-refractivity contribution in [1.29, 1.82) is 0 Å². The minimum Gasteiger partial charge on any atom is -0.508 e. The van der Waals surface area contributed by atoms with Crippen LogP contribution in [-0.4, -0.2) is 59.3 Å². The average Bonchev–Trinajstić information content (AvgIpc) is 3.28. The summed E-state index contributed by atoms with van der Waals surface area (Å²) < 4.78 is 24.1. The molecule has 1 aromatic carbocycles. The highest BCUT2D eigenvalue weighted by molar-refractivity contribution is 7.99. The molecule has 8 heteroatoms. The average molecular weight is 420 g/mol. The number of fused-ring (bicyclic) bond motifs is 2. The van der Waals surface area contributed by atoms with Crippen LogP contribution in [0.15, 0.2) is 24.3 Å². The summed E-state index contributed by atoms with van der Waals surface area (Å²) in [5.41, 5.74) is 0.0386. The number of carbonyl (C=O) groups excluding carboxylic acids is 2. The fourth-order valence-corrected chi connectivity index (χ4v) is 7.43. The highest BCUT2D eigenvalue weighted by atomic mass is 32.2. The third-order valence-corrected chi connectivity index (χ3v) is 8.20. The Labute approximate surface area is 173 Å². The first-order valence-electron chi connectivity index (χ1n) is 9.87. The van der Waals surface area contributed by atoms with Crippen molar-refractivity contribution >= 4 is 23.7 Å². The first kappa shape index (κ1) is 19.2. The molecule has 4 heterocycles. The summed E-state index contributed by atoms with van der Waals surface area (Å²) in [4.78, 5) is 23.5. The van der Waals surface area contributed by atoms with Crippen LogP contribution in [0, 0.1) is 11.3 Å². The molecule has 0 amide bonds. The van der Waals surface area contributed by atoms with Crippen LogP contribution in [-0.2, 0) is 28.5 Å². The Morgan fingerprint density at radius 2 is 2.00 bits per heavy atom. The normalized spacial score (nSPS) is 41.8. The van der Waals surface area contributed by atoms with Crippen LogP contribution >= 0.6 is 11.8 Å². The number of carbonyl (C=O) groups is 2. The molecule has 1 aromatic rings. The van der Waals surface area contributed by atoms with E-state index in [9.17, 15) is 14.7 Å². The van der Waals surface area contributed by atoms with Crippen molar-refractivity contribution in [3.05, 3.63) is 29.8 Å². The molecule has 156 valence electrons. The number of ether oxygens (including phenoxy) is 4. The van der Waals surface area contributed by atoms with E-state index in [0.717, 1.165) is 23.5 Å². The van der Waals surface area contributed by atoms with Gasteiger partial charge in [0.25, 0.3) is 0 Å². The van der Waals surface area contributed by atoms with E-state index in [1.165, 1.54) is 13.8 Å². The van der Waals surface area contributed by atoms with E-state index in [0.29, 0.717) is 0 Å². The number of aromatic hydroxyl groups is 1. The minimum atomic E-state index is -0.724. The summed E-state index contributed by atoms with van der Waals surface area (Å²) in [5.74, 6) is 0.875. The molecule has 7 nitrogen and oxygen atoms in total. The van der Waals surface area contributed by atoms with Gasteiger partial charge in [-0.05, 0) is 24.1 Å². The van der Waals surface area contributed by atoms with E-state index >= 15 is 0 Å². The van der Waals surface area contributed by atoms with Crippen LogP contribution in [0.25, 0.3) is 0 Å². The molecule has 7 atom stereocenters. The minimum absolute atomic E-state index is 0.0881. The molecule has 2 bridgehead atoms. The van der Waals surface area contributed by atoms with Crippen LogP contribution in [0.5, 0.6) is 5.75 Å². The van der Waals surface area contributed by atoms with E-state index in [-0.39, 0.29) is 42.4 Å². The van der Waals surface area contributed by atoms with Crippen molar-refractivity contribution in [2.24, 2.45) is 11.3 Å². The lowest BCUT2D eigenvalue weighted by molar-refractivity contribution is -0.187. The van der Waals surface area contributed by atoms with Crippen molar-refractivity contribution in [2.45, 2.75) is 50.3 Å². The smallest absolute Gasteiger partial charge is 0.304 e. The lowest BCUT2D eigenvalue weighted by Gasteiger charge is -2.50. The Balaban J connectivity index is 1.57. The fourth-order valence-electron chi connectivity index (χ4n) is 5.94. The molecule has 0 saturated carbocycles. The van der Waals surface area contributed by atoms with Crippen LogP contribution in [0.3, 0.4) is 0 Å². The number of esters is 2. The van der Waals surface area contributed by atoms with E-state index < -0.39 is 23.3 Å². The molecule has 4 aliphatic heterocycles. The summed E-state index contributed by atoms with van der Waals surface area (Å²) in [6.07, 6.45) is -0.373. The van der Waals surface area contributed by atoms with Gasteiger partial charge in [0, 0.05) is 31.3 Å². The number of hydrogen-bond donors (Lipinski definition) is 1. The summed E-state index contributed by atoms with van der Waals surface area (Å²) in [5, 5.41) is 9.67. The number of thioether (sulfide) groups is 1. The number of hydrogen-bond acceptors (Lipinski definition) is 8. The van der Waals surface area contributed by atoms with Crippen molar-refractivity contribution in [3.8, 4) is 5.75 Å². The van der Waals surface area contributed by atoms with Crippen LogP contribution in [0.2, 0.25) is 0 Å². The zero-order valence-electron chi connectivity index (χ0n) is 16.3. The van der Waals surface area contributed by atoms with Crippen molar-refractivity contribution in [2.75, 3.05) is 18.1 Å². The molecule has 0 aromatic heterocycles. The molecule has 4 fully saturated rings. The predicted octanol–water partition coefficient (Wildman–Crippen LogP) is 2.22. The second kappa shape index (κ2) is 6.62. The summed E-state index contributed by atoms with van der Waals surface area (Å²) in [7, 11) is 0. The standard InChI is InChI=1S/C21H24O7S/c1-11(22)25-9-21-16-8-29-10-20(21)7-15(13-3-5-14(24)6-4-13)18(28-20)17(21)19(27-16)26-12(2)23/h3-6,15-19,24H,7-10H2,1-2H3/t15-,16-,17-,18+,19-,20+,21+/m1/s1. The molecule has 0 unspecified atom stereocenters. The molecule has 4 saturated heterocycles. The molecular formula is C21H24O7S. The monoisotopic (exact) mass is 420 g/mol. The number of benzene rings is 1. The van der Waals surface area contributed by atoms with E-state index in [2.05, 4.69) is 0 Å². The maximum Gasteiger partial charge on any atom is 0.304 e. The second-order valence-corrected chi connectivity index (χ2v) is 9.47. The third-order valence-electron chi connectivity index (χ3n) is 6.99. The largest absolute Gasteiger partial charge is 0.508 e. The van der Waals surface area contributed by atoms with E-state index in [1.807, 2.05) is 12.1 Å². The molecule has 29 heavy (non-hydrogen) atoms. The Bertz CT molecular complexity index is 842. The molecule has 5 rings (SSSR count). The van der Waals surface area contributed by atoms with Gasteiger partial charge in [-0.15, -0.1) is 0 Å². The van der Waals surface area contributed by atoms with Crippen molar-refractivity contribution in [3.63, 3.8) is 0 Å². The van der Waals surface area contributed by atoms with Crippen LogP contribution in [0.4, 0.5) is 0 Å². The first-order chi connectivity index (χ1) is 13.9. The van der Waals surface area contributed by atoms with E-state index in [1.54, 1.807) is 23.9 Å². The van der Waals surface area contributed by atoms with Gasteiger partial charge in [0.15, 0.2) is 0 Å². The lowest BCUT2D eigenvalue weighted by Crippen LogP contribution is -2.62. The van der Waals surface area contributed by atoms with Gasteiger partial charge in [0.2, 0.25) is 6.29 Å². The number of rotatable bonds is 4. The molecule has 0 radical (unpaired) electrons. The van der Waals surface area contributed by atoms with Crippen molar-refractivity contribution in [1.82, 2.24) is 0 Å². The van der Waals surface area contributed by atoms with Crippen LogP contribution in [0.1, 0.15) is 31.7 Å². The quantitative estimate of drug-likeness (QED) is 0.742. The highest BCUT2D eigenvalue weighted by Crippen LogP contribution is 2.71. The van der Waals surface area contributed by atoms with Gasteiger partial charge in [-0.2, -0.15) is 11.8 Å². The maximum atomic E-state index is 11.8. The summed E-state index contributed by atoms with van der Waals surface area (Å²) in [6, 6.07) is 7.19. The van der Waals surface area contributed by atoms with Gasteiger partial charge in [0.1, 0.15) is 12.4 Å². The zero-order chi connectivity index (χ0) is 20.4. The van der Waals surface area contributed by atoms with Gasteiger partial charge in [-0.1, -0.05) is 12.1 Å². The lowest BCUT2D eigenvalue weighted by atomic mass is 9.55. The van der Waals surface area contributed by atoms with Crippen LogP contribution < -0.4 is 0 Å². The summed E-state index contributed by atoms with van der Waals surface area (Å²) >= 11 is 1.76. The Morgan fingerprint density at radius 3 is 2.69 bits per heavy atom. The molecular weight excluding hydrogens is 396 g/mol.